The number of nitrogens with zero attached hydrogens (tertiary/aromatic N) is 1. The van der Waals surface area contributed by atoms with Crippen LogP contribution < -0.4 is 9.64 Å². The number of Topliss-reactive ketones (excluding diaryl/α,β-unsaturated/α-hetero) is 1. The largest absolute Gasteiger partial charge is 0.507 e. The number of carbonyl (C=O) groups excluding carboxylic acids is 3. The van der Waals surface area contributed by atoms with Gasteiger partial charge in [0.1, 0.15) is 11.5 Å². The third-order valence-corrected chi connectivity index (χ3v) is 5.81. The molecule has 1 aliphatic heterocycles. The van der Waals surface area contributed by atoms with E-state index in [0.29, 0.717) is 27.6 Å². The number of aliphatic hydroxyl groups is 1. The fraction of sp³-hybridized carbons (Fsp3) is 0.115. The van der Waals surface area contributed by atoms with Crippen LogP contribution in [0.1, 0.15) is 27.5 Å². The number of aliphatic hydroxyl groups excluding tert-OH is 1. The summed E-state index contributed by atoms with van der Waals surface area (Å²) >= 11 is 5.96. The number of anilines is 1. The number of hydrogen-bond donors (Lipinski definition) is 1. The summed E-state index contributed by atoms with van der Waals surface area (Å²) in [5.41, 5.74) is 1.41. The molecule has 3 aromatic rings. The molecule has 0 saturated carbocycles. The van der Waals surface area contributed by atoms with Gasteiger partial charge in [0.05, 0.1) is 31.4 Å². The van der Waals surface area contributed by atoms with E-state index in [1.807, 2.05) is 0 Å². The van der Waals surface area contributed by atoms with E-state index in [1.54, 1.807) is 60.7 Å². The molecular formula is C26H20ClNO6. The van der Waals surface area contributed by atoms with E-state index < -0.39 is 23.7 Å². The topological polar surface area (TPSA) is 93.1 Å². The first-order valence-electron chi connectivity index (χ1n) is 10.3. The van der Waals surface area contributed by atoms with Gasteiger partial charge in [-0.3, -0.25) is 14.5 Å². The SMILES string of the molecule is COC(=O)c1ccc(N2C(=O)C(=O)/C(=C(/O)c3ccc(Cl)cc3)C2c2ccccc2OC)cc1. The lowest BCUT2D eigenvalue weighted by molar-refractivity contribution is -0.132. The summed E-state index contributed by atoms with van der Waals surface area (Å²) in [5, 5.41) is 11.6. The van der Waals surface area contributed by atoms with Crippen molar-refractivity contribution in [3.05, 3.63) is 100 Å². The van der Waals surface area contributed by atoms with Gasteiger partial charge in [-0.05, 0) is 54.6 Å². The number of methoxy groups -OCH3 is 2. The standard InChI is InChI=1S/C26H20ClNO6/c1-33-20-6-4-3-5-19(20)22-21(23(29)15-7-11-17(27)12-8-15)24(30)25(31)28(22)18-13-9-16(10-14-18)26(32)34-2/h3-14,22,29H,1-2H3/b23-21+. The fourth-order valence-electron chi connectivity index (χ4n) is 3.92. The van der Waals surface area contributed by atoms with Gasteiger partial charge in [0.2, 0.25) is 0 Å². The Hall–Kier alpha value is -4.10. The Labute approximate surface area is 200 Å². The van der Waals surface area contributed by atoms with E-state index in [4.69, 9.17) is 21.1 Å². The predicted molar refractivity (Wildman–Crippen MR) is 127 cm³/mol. The van der Waals surface area contributed by atoms with Crippen molar-refractivity contribution < 1.29 is 29.0 Å². The van der Waals surface area contributed by atoms with E-state index in [0.717, 1.165) is 0 Å². The molecule has 1 saturated heterocycles. The summed E-state index contributed by atoms with van der Waals surface area (Å²) in [6.07, 6.45) is 0. The molecule has 0 bridgehead atoms. The second-order valence-corrected chi connectivity index (χ2v) is 7.89. The molecule has 1 atom stereocenters. The first-order chi connectivity index (χ1) is 16.4. The van der Waals surface area contributed by atoms with Crippen molar-refractivity contribution in [1.82, 2.24) is 0 Å². The lowest BCUT2D eigenvalue weighted by Crippen LogP contribution is -2.29. The Kier molecular flexibility index (Phi) is 6.38. The molecule has 0 spiro atoms. The van der Waals surface area contributed by atoms with Gasteiger partial charge in [0.15, 0.2) is 0 Å². The minimum Gasteiger partial charge on any atom is -0.507 e. The number of rotatable bonds is 5. The van der Waals surface area contributed by atoms with Crippen molar-refractivity contribution in [2.45, 2.75) is 6.04 Å². The average Bonchev–Trinajstić information content (AvgIpc) is 3.13. The zero-order valence-corrected chi connectivity index (χ0v) is 19.1. The first-order valence-corrected chi connectivity index (χ1v) is 10.6. The van der Waals surface area contributed by atoms with Gasteiger partial charge in [-0.2, -0.15) is 0 Å². The normalized spacial score (nSPS) is 17.0. The van der Waals surface area contributed by atoms with Crippen molar-refractivity contribution in [2.24, 2.45) is 0 Å². The van der Waals surface area contributed by atoms with Crippen LogP contribution in [0.2, 0.25) is 5.02 Å². The summed E-state index contributed by atoms with van der Waals surface area (Å²) in [6, 6.07) is 18.3. The molecule has 4 rings (SSSR count). The van der Waals surface area contributed by atoms with Crippen LogP contribution in [0.15, 0.2) is 78.4 Å². The maximum atomic E-state index is 13.2. The molecule has 1 fully saturated rings. The highest BCUT2D eigenvalue weighted by atomic mass is 35.5. The number of carbonyl (C=O) groups is 3. The van der Waals surface area contributed by atoms with E-state index in [2.05, 4.69) is 0 Å². The fourth-order valence-corrected chi connectivity index (χ4v) is 4.05. The van der Waals surface area contributed by atoms with Gasteiger partial charge in [-0.1, -0.05) is 29.8 Å². The Morgan fingerprint density at radius 1 is 0.912 bits per heavy atom. The maximum absolute atomic E-state index is 13.2. The molecule has 1 amide bonds. The second-order valence-electron chi connectivity index (χ2n) is 7.46. The second kappa shape index (κ2) is 9.41. The third kappa shape index (κ3) is 4.02. The number of benzene rings is 3. The lowest BCUT2D eigenvalue weighted by atomic mass is 9.94. The predicted octanol–water partition coefficient (Wildman–Crippen LogP) is 4.76. The minimum absolute atomic E-state index is 0.0890. The smallest absolute Gasteiger partial charge is 0.337 e. The van der Waals surface area contributed by atoms with Crippen molar-refractivity contribution in [3.63, 3.8) is 0 Å². The summed E-state index contributed by atoms with van der Waals surface area (Å²) in [6.45, 7) is 0. The van der Waals surface area contributed by atoms with Crippen molar-refractivity contribution in [1.29, 1.82) is 0 Å². The molecule has 3 aromatic carbocycles. The highest BCUT2D eigenvalue weighted by Gasteiger charge is 2.47. The van der Waals surface area contributed by atoms with Crippen LogP contribution in [-0.2, 0) is 14.3 Å². The molecule has 34 heavy (non-hydrogen) atoms. The number of halogens is 1. The number of amides is 1. The Bertz CT molecular complexity index is 1300. The van der Waals surface area contributed by atoms with Crippen LogP contribution in [0, 0.1) is 0 Å². The molecule has 0 radical (unpaired) electrons. The molecule has 172 valence electrons. The lowest BCUT2D eigenvalue weighted by Gasteiger charge is -2.26. The van der Waals surface area contributed by atoms with Gasteiger partial charge in [0, 0.05) is 21.8 Å². The van der Waals surface area contributed by atoms with Gasteiger partial charge in [-0.15, -0.1) is 0 Å². The van der Waals surface area contributed by atoms with Crippen molar-refractivity contribution in [2.75, 3.05) is 19.1 Å². The van der Waals surface area contributed by atoms with Gasteiger partial charge in [0.25, 0.3) is 11.7 Å². The van der Waals surface area contributed by atoms with Crippen LogP contribution in [0.4, 0.5) is 5.69 Å². The monoisotopic (exact) mass is 477 g/mol. The number of ether oxygens (including phenoxy) is 2. The summed E-state index contributed by atoms with van der Waals surface area (Å²) in [5.74, 6) is -2.09. The first kappa shape index (κ1) is 23.1. The Morgan fingerprint density at radius 3 is 2.15 bits per heavy atom. The summed E-state index contributed by atoms with van der Waals surface area (Å²) in [7, 11) is 2.75. The number of hydrogen-bond acceptors (Lipinski definition) is 6. The molecule has 1 unspecified atom stereocenters. The zero-order chi connectivity index (χ0) is 24.4. The molecule has 1 N–H and O–H groups in total. The number of esters is 1. The van der Waals surface area contributed by atoms with Crippen LogP contribution in [0.3, 0.4) is 0 Å². The Balaban J connectivity index is 1.93. The van der Waals surface area contributed by atoms with Gasteiger partial charge in [-0.25, -0.2) is 4.79 Å². The molecule has 1 aliphatic rings. The third-order valence-electron chi connectivity index (χ3n) is 5.56. The quantitative estimate of drug-likeness (QED) is 0.246. The molecular weight excluding hydrogens is 458 g/mol. The summed E-state index contributed by atoms with van der Waals surface area (Å²) < 4.78 is 10.2. The van der Waals surface area contributed by atoms with Gasteiger partial charge < -0.3 is 14.6 Å². The van der Waals surface area contributed by atoms with Crippen molar-refractivity contribution >= 4 is 40.7 Å². The van der Waals surface area contributed by atoms with E-state index in [-0.39, 0.29) is 16.9 Å². The zero-order valence-electron chi connectivity index (χ0n) is 18.3. The molecule has 0 aromatic heterocycles. The highest BCUT2D eigenvalue weighted by molar-refractivity contribution is 6.51. The molecule has 8 heteroatoms. The summed E-state index contributed by atoms with van der Waals surface area (Å²) in [4.78, 5) is 39.6. The van der Waals surface area contributed by atoms with Crippen LogP contribution in [0.5, 0.6) is 5.75 Å². The van der Waals surface area contributed by atoms with Crippen LogP contribution in [-0.4, -0.2) is 37.0 Å². The Morgan fingerprint density at radius 2 is 1.53 bits per heavy atom. The van der Waals surface area contributed by atoms with Gasteiger partial charge >= 0.3 is 5.97 Å². The molecule has 7 nitrogen and oxygen atoms in total. The average molecular weight is 478 g/mol. The van der Waals surface area contributed by atoms with E-state index >= 15 is 0 Å². The molecule has 0 aliphatic carbocycles. The highest BCUT2D eigenvalue weighted by Crippen LogP contribution is 2.44. The number of para-hydroxylation sites is 1. The van der Waals surface area contributed by atoms with Crippen molar-refractivity contribution in [3.8, 4) is 5.75 Å². The molecule has 1 heterocycles. The number of ketones is 1. The minimum atomic E-state index is -0.976. The van der Waals surface area contributed by atoms with E-state index in [1.165, 1.54) is 31.3 Å². The van der Waals surface area contributed by atoms with Crippen LogP contribution in [0.25, 0.3) is 5.76 Å². The van der Waals surface area contributed by atoms with E-state index in [9.17, 15) is 19.5 Å². The van der Waals surface area contributed by atoms with Crippen LogP contribution >= 0.6 is 11.6 Å². The maximum Gasteiger partial charge on any atom is 0.337 e.